The van der Waals surface area contributed by atoms with Crippen LogP contribution in [0.4, 0.5) is 5.95 Å². The largest absolute Gasteiger partial charge is 0.493 e. The highest BCUT2D eigenvalue weighted by Crippen LogP contribution is 2.18. The second-order valence-corrected chi connectivity index (χ2v) is 6.80. The second-order valence-electron chi connectivity index (χ2n) is 6.80. The molecule has 0 aliphatic carbocycles. The molecule has 2 heterocycles. The fraction of sp³-hybridized carbons (Fsp3) is 0.273. The molecular formula is C22H24N6O2. The number of benzene rings is 2. The first-order valence-corrected chi connectivity index (χ1v) is 10.1. The van der Waals surface area contributed by atoms with Gasteiger partial charge < -0.3 is 9.47 Å². The number of aromatic nitrogens is 3. The average Bonchev–Trinajstić information content (AvgIpc) is 3.22. The predicted octanol–water partition coefficient (Wildman–Crippen LogP) is 3.94. The highest BCUT2D eigenvalue weighted by molar-refractivity contribution is 5.84. The van der Waals surface area contributed by atoms with Gasteiger partial charge in [0.1, 0.15) is 17.8 Å². The van der Waals surface area contributed by atoms with Crippen molar-refractivity contribution in [3.8, 4) is 11.5 Å². The molecule has 0 saturated heterocycles. The van der Waals surface area contributed by atoms with Crippen LogP contribution in [0.3, 0.4) is 0 Å². The van der Waals surface area contributed by atoms with Gasteiger partial charge in [0.05, 0.1) is 25.6 Å². The molecular weight excluding hydrogens is 380 g/mol. The van der Waals surface area contributed by atoms with Gasteiger partial charge in [0, 0.05) is 11.1 Å². The number of hydrogen-bond acceptors (Lipinski definition) is 7. The van der Waals surface area contributed by atoms with E-state index in [0.29, 0.717) is 19.2 Å². The van der Waals surface area contributed by atoms with Gasteiger partial charge in [-0.2, -0.15) is 14.9 Å². The molecule has 0 unspecified atom stereocenters. The molecule has 0 saturated carbocycles. The molecule has 0 radical (unpaired) electrons. The van der Waals surface area contributed by atoms with E-state index in [-0.39, 0.29) is 0 Å². The lowest BCUT2D eigenvalue weighted by atomic mass is 10.2. The lowest BCUT2D eigenvalue weighted by Gasteiger charge is -2.10. The van der Waals surface area contributed by atoms with E-state index in [1.165, 1.54) is 11.0 Å². The van der Waals surface area contributed by atoms with Gasteiger partial charge in [-0.3, -0.25) is 0 Å². The Hall–Kier alpha value is -3.68. The van der Waals surface area contributed by atoms with E-state index in [0.717, 1.165) is 48.3 Å². The second kappa shape index (κ2) is 10.2. The first-order valence-electron chi connectivity index (χ1n) is 10.1. The topological polar surface area (TPSA) is 85.9 Å². The fourth-order valence-corrected chi connectivity index (χ4v) is 3.03. The van der Waals surface area contributed by atoms with E-state index in [1.54, 1.807) is 12.4 Å². The number of hydrazone groups is 1. The number of nitrogens with one attached hydrogen (secondary N) is 1. The summed E-state index contributed by atoms with van der Waals surface area (Å²) in [7, 11) is 0. The van der Waals surface area contributed by atoms with Crippen LogP contribution in [0.2, 0.25) is 0 Å². The van der Waals surface area contributed by atoms with E-state index in [2.05, 4.69) is 25.8 Å². The Bertz CT molecular complexity index is 1010. The minimum Gasteiger partial charge on any atom is -0.493 e. The molecule has 0 amide bonds. The molecule has 8 nitrogen and oxygen atoms in total. The van der Waals surface area contributed by atoms with Crippen LogP contribution in [0.15, 0.2) is 65.1 Å². The van der Waals surface area contributed by atoms with Crippen molar-refractivity contribution in [2.45, 2.75) is 25.7 Å². The Morgan fingerprint density at radius 2 is 1.40 bits per heavy atom. The Balaban J connectivity index is 1.57. The maximum absolute atomic E-state index is 5.97. The van der Waals surface area contributed by atoms with Crippen molar-refractivity contribution in [2.24, 2.45) is 10.2 Å². The SMILES string of the molecule is C1=N/Nc2nncn2/N=C/c2ccccc2OCCCCCCOc2ccccc2/1. The molecule has 1 aliphatic rings. The number of para-hydroxylation sites is 2. The Kier molecular flexibility index (Phi) is 6.67. The van der Waals surface area contributed by atoms with Crippen molar-refractivity contribution < 1.29 is 9.47 Å². The summed E-state index contributed by atoms with van der Waals surface area (Å²) >= 11 is 0. The molecule has 30 heavy (non-hydrogen) atoms. The average molecular weight is 404 g/mol. The van der Waals surface area contributed by atoms with Gasteiger partial charge in [-0.15, -0.1) is 10.2 Å². The van der Waals surface area contributed by atoms with Gasteiger partial charge in [0.2, 0.25) is 0 Å². The molecule has 154 valence electrons. The molecule has 1 aliphatic heterocycles. The summed E-state index contributed by atoms with van der Waals surface area (Å²) in [6.07, 6.45) is 9.12. The van der Waals surface area contributed by atoms with Gasteiger partial charge in [0.25, 0.3) is 5.95 Å². The normalized spacial score (nSPS) is 17.2. The minimum atomic E-state index is 0.400. The van der Waals surface area contributed by atoms with Crippen LogP contribution < -0.4 is 14.9 Å². The van der Waals surface area contributed by atoms with Gasteiger partial charge in [-0.1, -0.05) is 24.3 Å². The van der Waals surface area contributed by atoms with Gasteiger partial charge in [0.15, 0.2) is 0 Å². The van der Waals surface area contributed by atoms with Crippen LogP contribution in [0, 0.1) is 0 Å². The maximum Gasteiger partial charge on any atom is 0.265 e. The number of hydrogen-bond donors (Lipinski definition) is 1. The molecule has 4 rings (SSSR count). The zero-order chi connectivity index (χ0) is 20.4. The smallest absolute Gasteiger partial charge is 0.265 e. The monoisotopic (exact) mass is 404 g/mol. The molecule has 2 aromatic carbocycles. The number of ether oxygens (including phenoxy) is 2. The quantitative estimate of drug-likeness (QED) is 0.613. The summed E-state index contributed by atoms with van der Waals surface area (Å²) in [6, 6.07) is 15.6. The van der Waals surface area contributed by atoms with Crippen molar-refractivity contribution in [3.63, 3.8) is 0 Å². The van der Waals surface area contributed by atoms with Crippen molar-refractivity contribution in [2.75, 3.05) is 18.6 Å². The number of nitrogens with zero attached hydrogens (tertiary/aromatic N) is 5. The lowest BCUT2D eigenvalue weighted by molar-refractivity contribution is 0.287. The summed E-state index contributed by atoms with van der Waals surface area (Å²) in [5.41, 5.74) is 4.66. The van der Waals surface area contributed by atoms with Crippen LogP contribution in [0.1, 0.15) is 36.8 Å². The molecule has 0 fully saturated rings. The standard InChI is InChI=1S/C22H24N6O2/c1-2-8-14-30-21-12-6-4-10-19(21)16-25-28-17-24-27-22(28)26-23-15-18-9-3-5-11-20(18)29-13-7-1/h3-6,9-12,15-17H,1-2,7-8,13-14H2,(H,26,27)/b23-15+,25-16+. The third-order valence-corrected chi connectivity index (χ3v) is 4.61. The highest BCUT2D eigenvalue weighted by Gasteiger charge is 2.05. The molecule has 8 heteroatoms. The van der Waals surface area contributed by atoms with Crippen molar-refractivity contribution in [1.82, 2.24) is 14.9 Å². The Morgan fingerprint density at radius 1 is 0.767 bits per heavy atom. The predicted molar refractivity (Wildman–Crippen MR) is 117 cm³/mol. The third-order valence-electron chi connectivity index (χ3n) is 4.61. The minimum absolute atomic E-state index is 0.400. The van der Waals surface area contributed by atoms with Crippen molar-refractivity contribution >= 4 is 18.4 Å². The van der Waals surface area contributed by atoms with E-state index in [9.17, 15) is 0 Å². The summed E-state index contributed by atoms with van der Waals surface area (Å²) in [5, 5.41) is 16.6. The zero-order valence-electron chi connectivity index (χ0n) is 16.6. The van der Waals surface area contributed by atoms with Crippen LogP contribution >= 0.6 is 0 Å². The zero-order valence-corrected chi connectivity index (χ0v) is 16.6. The van der Waals surface area contributed by atoms with Gasteiger partial charge >= 0.3 is 0 Å². The number of rotatable bonds is 0. The van der Waals surface area contributed by atoms with Crippen LogP contribution in [-0.4, -0.2) is 40.5 Å². The number of anilines is 1. The Morgan fingerprint density at radius 3 is 2.10 bits per heavy atom. The molecule has 0 atom stereocenters. The Labute approximate surface area is 175 Å². The summed E-state index contributed by atoms with van der Waals surface area (Å²) in [4.78, 5) is 0. The highest BCUT2D eigenvalue weighted by atomic mass is 16.5. The summed E-state index contributed by atoms with van der Waals surface area (Å²) in [6.45, 7) is 1.34. The first kappa shape index (κ1) is 19.6. The van der Waals surface area contributed by atoms with Gasteiger partial charge in [-0.05, 0) is 49.9 Å². The van der Waals surface area contributed by atoms with Crippen LogP contribution in [0.25, 0.3) is 0 Å². The summed E-state index contributed by atoms with van der Waals surface area (Å²) < 4.78 is 13.4. The number of fused-ring (bicyclic) bond motifs is 3. The lowest BCUT2D eigenvalue weighted by Crippen LogP contribution is -2.02. The maximum atomic E-state index is 5.97. The van der Waals surface area contributed by atoms with E-state index >= 15 is 0 Å². The first-order chi connectivity index (χ1) is 14.9. The van der Waals surface area contributed by atoms with Crippen LogP contribution in [0.5, 0.6) is 11.5 Å². The fourth-order valence-electron chi connectivity index (χ4n) is 3.03. The molecule has 1 aromatic heterocycles. The van der Waals surface area contributed by atoms with Crippen molar-refractivity contribution in [1.29, 1.82) is 0 Å². The van der Waals surface area contributed by atoms with Gasteiger partial charge in [-0.25, -0.2) is 5.43 Å². The third kappa shape index (κ3) is 5.22. The molecule has 0 bridgehead atoms. The molecule has 0 spiro atoms. The van der Waals surface area contributed by atoms with E-state index < -0.39 is 0 Å². The van der Waals surface area contributed by atoms with E-state index in [4.69, 9.17) is 9.47 Å². The van der Waals surface area contributed by atoms with E-state index in [1.807, 2.05) is 48.5 Å². The van der Waals surface area contributed by atoms with Crippen LogP contribution in [-0.2, 0) is 0 Å². The van der Waals surface area contributed by atoms with Crippen molar-refractivity contribution in [3.05, 3.63) is 66.0 Å². The summed E-state index contributed by atoms with van der Waals surface area (Å²) in [5.74, 6) is 2.01. The molecule has 1 N–H and O–H groups in total. The molecule has 3 aromatic rings.